The highest BCUT2D eigenvalue weighted by Crippen LogP contribution is 2.47. The van der Waals surface area contributed by atoms with E-state index >= 15 is 0 Å². The number of fused-ring (bicyclic) bond motifs is 1. The summed E-state index contributed by atoms with van der Waals surface area (Å²) < 4.78 is 28.5. The summed E-state index contributed by atoms with van der Waals surface area (Å²) in [6, 6.07) is 9.41. The van der Waals surface area contributed by atoms with E-state index in [0.717, 1.165) is 5.56 Å². The second-order valence-electron chi connectivity index (χ2n) is 5.38. The number of rotatable bonds is 3. The summed E-state index contributed by atoms with van der Waals surface area (Å²) >= 11 is 23.9. The summed E-state index contributed by atoms with van der Waals surface area (Å²) in [4.78, 5) is 2.75. The first-order chi connectivity index (χ1) is 11.6. The summed E-state index contributed by atoms with van der Waals surface area (Å²) in [5.41, 5.74) is 2.14. The average Bonchev–Trinajstić information content (AvgIpc) is 2.88. The number of halogens is 4. The van der Waals surface area contributed by atoms with Crippen molar-refractivity contribution < 1.29 is 12.6 Å². The van der Waals surface area contributed by atoms with Crippen molar-refractivity contribution in [1.82, 2.24) is 4.98 Å². The molecule has 1 aliphatic carbocycles. The Bertz CT molecular complexity index is 991. The molecule has 1 aromatic carbocycles. The molecule has 1 heterocycles. The Morgan fingerprint density at radius 1 is 1.04 bits per heavy atom. The number of aromatic amines is 1. The molecular formula is C16H11Cl4NO3S. The van der Waals surface area contributed by atoms with Crippen LogP contribution in [0.5, 0.6) is 5.88 Å². The van der Waals surface area contributed by atoms with Gasteiger partial charge in [-0.3, -0.25) is 0 Å². The second kappa shape index (κ2) is 6.56. The molecule has 132 valence electrons. The molecule has 0 amide bonds. The van der Waals surface area contributed by atoms with Gasteiger partial charge in [0.25, 0.3) is 0 Å². The van der Waals surface area contributed by atoms with Crippen LogP contribution < -0.4 is 4.18 Å². The van der Waals surface area contributed by atoms with E-state index in [9.17, 15) is 8.42 Å². The third-order valence-corrected chi connectivity index (χ3v) is 5.61. The molecule has 1 aliphatic heterocycles. The largest absolute Gasteiger partial charge is 0.360 e. The number of hydrogen-bond donors (Lipinski definition) is 1. The minimum atomic E-state index is -4.03. The van der Waals surface area contributed by atoms with Crippen LogP contribution in [0.4, 0.5) is 0 Å². The predicted octanol–water partition coefficient (Wildman–Crippen LogP) is 5.68. The van der Waals surface area contributed by atoms with E-state index in [0.29, 0.717) is 21.7 Å². The molecule has 0 aromatic heterocycles. The maximum atomic E-state index is 12.5. The van der Waals surface area contributed by atoms with E-state index in [1.807, 2.05) is 6.92 Å². The van der Waals surface area contributed by atoms with E-state index in [4.69, 9.17) is 50.6 Å². The monoisotopic (exact) mass is 437 g/mol. The lowest BCUT2D eigenvalue weighted by molar-refractivity contribution is 0.477. The fourth-order valence-electron chi connectivity index (χ4n) is 2.34. The van der Waals surface area contributed by atoms with E-state index in [1.54, 1.807) is 18.2 Å². The number of benzene rings is 1. The van der Waals surface area contributed by atoms with Crippen molar-refractivity contribution in [1.29, 1.82) is 0 Å². The third kappa shape index (κ3) is 3.86. The Morgan fingerprint density at radius 2 is 1.64 bits per heavy atom. The topological polar surface area (TPSA) is 59.2 Å². The number of pyridine rings is 1. The molecule has 0 saturated carbocycles. The first-order valence-corrected chi connectivity index (χ1v) is 9.89. The van der Waals surface area contributed by atoms with Crippen molar-refractivity contribution in [2.75, 3.05) is 0 Å². The van der Waals surface area contributed by atoms with Gasteiger partial charge in [-0.05, 0) is 36.8 Å². The van der Waals surface area contributed by atoms with E-state index in [2.05, 4.69) is 4.98 Å². The van der Waals surface area contributed by atoms with Crippen LogP contribution in [0.25, 0.3) is 11.1 Å². The molecular weight excluding hydrogens is 428 g/mol. The van der Waals surface area contributed by atoms with Gasteiger partial charge in [0.05, 0.1) is 0 Å². The Hall–Kier alpha value is -1.11. The second-order valence-corrected chi connectivity index (χ2v) is 9.64. The Balaban J connectivity index is 2.07. The minimum absolute atomic E-state index is 0.0134. The molecule has 25 heavy (non-hydrogen) atoms. The zero-order chi connectivity index (χ0) is 18.4. The standard InChI is InChI=1S/C16H11Cl4NO3S/c1-9-2-4-11(5-3-9)25(22,23)24-15-13-7-10(17)6-12(13)14(8-21-15)16(18,19)20/h2-8,21H,1H3. The van der Waals surface area contributed by atoms with Crippen molar-refractivity contribution in [2.24, 2.45) is 0 Å². The van der Waals surface area contributed by atoms with Gasteiger partial charge in [0, 0.05) is 22.3 Å². The highest BCUT2D eigenvalue weighted by molar-refractivity contribution is 7.87. The number of nitrogens with one attached hydrogen (secondary N) is 1. The Morgan fingerprint density at radius 3 is 2.24 bits per heavy atom. The molecule has 1 N–H and O–H groups in total. The molecule has 3 rings (SSSR count). The van der Waals surface area contributed by atoms with Gasteiger partial charge in [0.2, 0.25) is 9.67 Å². The van der Waals surface area contributed by atoms with Crippen molar-refractivity contribution in [3.8, 4) is 17.0 Å². The van der Waals surface area contributed by atoms with Gasteiger partial charge >= 0.3 is 10.1 Å². The first kappa shape index (κ1) is 18.7. The van der Waals surface area contributed by atoms with E-state index < -0.39 is 13.9 Å². The molecule has 4 nitrogen and oxygen atoms in total. The normalized spacial score (nSPS) is 12.5. The number of hydrogen-bond acceptors (Lipinski definition) is 3. The van der Waals surface area contributed by atoms with E-state index in [1.165, 1.54) is 24.4 Å². The lowest BCUT2D eigenvalue weighted by atomic mass is 10.1. The van der Waals surface area contributed by atoms with Crippen LogP contribution in [0.2, 0.25) is 5.02 Å². The van der Waals surface area contributed by atoms with Crippen molar-refractivity contribution in [3.05, 3.63) is 58.7 Å². The van der Waals surface area contributed by atoms with Crippen LogP contribution in [0, 0.1) is 6.92 Å². The summed E-state index contributed by atoms with van der Waals surface area (Å²) in [5, 5.41) is 0.364. The maximum absolute atomic E-state index is 12.5. The quantitative estimate of drug-likeness (QED) is 0.423. The zero-order valence-corrected chi connectivity index (χ0v) is 16.5. The molecule has 2 aliphatic rings. The maximum Gasteiger partial charge on any atom is 0.340 e. The van der Waals surface area contributed by atoms with Crippen molar-refractivity contribution >= 4 is 56.5 Å². The van der Waals surface area contributed by atoms with Gasteiger partial charge in [-0.25, -0.2) is 0 Å². The number of aryl methyl sites for hydroxylation is 1. The molecule has 1 aromatic rings. The van der Waals surface area contributed by atoms with Gasteiger partial charge < -0.3 is 9.17 Å². The highest BCUT2D eigenvalue weighted by atomic mass is 35.6. The van der Waals surface area contributed by atoms with E-state index in [-0.39, 0.29) is 10.8 Å². The number of aromatic nitrogens is 1. The average molecular weight is 439 g/mol. The Labute approximate surface area is 165 Å². The summed E-state index contributed by atoms with van der Waals surface area (Å²) in [5.74, 6) is -0.0134. The third-order valence-electron chi connectivity index (χ3n) is 3.55. The fraction of sp³-hybridized carbons (Fsp3) is 0.125. The minimum Gasteiger partial charge on any atom is -0.360 e. The van der Waals surface area contributed by atoms with Crippen LogP contribution in [0.15, 0.2) is 47.5 Å². The van der Waals surface area contributed by atoms with Gasteiger partial charge in [-0.15, -0.1) is 0 Å². The fourth-order valence-corrected chi connectivity index (χ4v) is 3.95. The molecule has 0 fully saturated rings. The van der Waals surface area contributed by atoms with Crippen LogP contribution in [0.3, 0.4) is 0 Å². The van der Waals surface area contributed by atoms with Crippen LogP contribution >= 0.6 is 46.4 Å². The lowest BCUT2D eigenvalue weighted by Gasteiger charge is -2.18. The van der Waals surface area contributed by atoms with Gasteiger partial charge in [0.1, 0.15) is 4.90 Å². The Kier molecular flexibility index (Phi) is 4.90. The molecule has 9 heteroatoms. The molecule has 0 radical (unpaired) electrons. The molecule has 0 saturated heterocycles. The highest BCUT2D eigenvalue weighted by Gasteiger charge is 2.31. The van der Waals surface area contributed by atoms with Crippen LogP contribution in [-0.4, -0.2) is 13.4 Å². The molecule has 0 bridgehead atoms. The van der Waals surface area contributed by atoms with Crippen molar-refractivity contribution in [2.45, 2.75) is 15.6 Å². The number of alkyl halides is 3. The first-order valence-electron chi connectivity index (χ1n) is 6.97. The van der Waals surface area contributed by atoms with Crippen molar-refractivity contribution in [3.63, 3.8) is 0 Å². The van der Waals surface area contributed by atoms with Crippen LogP contribution in [-0.2, 0) is 13.9 Å². The summed E-state index contributed by atoms with van der Waals surface area (Å²) in [7, 11) is -4.03. The molecule has 0 atom stereocenters. The zero-order valence-electron chi connectivity index (χ0n) is 12.7. The predicted molar refractivity (Wildman–Crippen MR) is 101 cm³/mol. The number of H-pyrrole nitrogens is 1. The SMILES string of the molecule is Cc1ccc(S(=O)(=O)Oc2[nH]cc(C(Cl)(Cl)Cl)c3cc(Cl)cc2-3)cc1. The van der Waals surface area contributed by atoms with Crippen LogP contribution in [0.1, 0.15) is 11.1 Å². The lowest BCUT2D eigenvalue weighted by Crippen LogP contribution is -2.12. The summed E-state index contributed by atoms with van der Waals surface area (Å²) in [6.07, 6.45) is 1.38. The smallest absolute Gasteiger partial charge is 0.340 e. The van der Waals surface area contributed by atoms with Gasteiger partial charge in [-0.2, -0.15) is 8.42 Å². The molecule has 0 unspecified atom stereocenters. The summed E-state index contributed by atoms with van der Waals surface area (Å²) in [6.45, 7) is 1.86. The van der Waals surface area contributed by atoms with Gasteiger partial charge in [0.15, 0.2) is 0 Å². The molecule has 0 spiro atoms. The van der Waals surface area contributed by atoms with Gasteiger partial charge in [-0.1, -0.05) is 64.1 Å².